The van der Waals surface area contributed by atoms with E-state index < -0.39 is 0 Å². The number of hydrogen-bond donors (Lipinski definition) is 1. The van der Waals surface area contributed by atoms with Crippen molar-refractivity contribution < 1.29 is 4.39 Å². The lowest BCUT2D eigenvalue weighted by molar-refractivity contribution is 0.560. The number of thiophene rings is 2. The largest absolute Gasteiger partial charge is 0.312 e. The zero-order valence-electron chi connectivity index (χ0n) is 11.2. The summed E-state index contributed by atoms with van der Waals surface area (Å²) in [7, 11) is 1.99. The molecule has 0 aliphatic rings. The first kappa shape index (κ1) is 13.7. The number of nitrogens with one attached hydrogen (secondary N) is 1. The van der Waals surface area contributed by atoms with Gasteiger partial charge in [0.05, 0.1) is 0 Å². The summed E-state index contributed by atoms with van der Waals surface area (Å²) in [6, 6.07) is 11.7. The van der Waals surface area contributed by atoms with Crippen molar-refractivity contribution in [1.29, 1.82) is 0 Å². The number of halogens is 1. The number of aryl methyl sites for hydroxylation is 1. The molecule has 1 aromatic carbocycles. The number of fused-ring (bicyclic) bond motifs is 1. The van der Waals surface area contributed by atoms with Crippen LogP contribution in [0.1, 0.15) is 22.2 Å². The van der Waals surface area contributed by atoms with Gasteiger partial charge in [-0.3, -0.25) is 0 Å². The van der Waals surface area contributed by atoms with Crippen LogP contribution in [0.15, 0.2) is 41.8 Å². The van der Waals surface area contributed by atoms with Crippen LogP contribution in [0.3, 0.4) is 0 Å². The van der Waals surface area contributed by atoms with Crippen LogP contribution in [0.5, 0.6) is 0 Å². The second-order valence-corrected chi connectivity index (χ2v) is 6.94. The fourth-order valence-corrected chi connectivity index (χ4v) is 4.29. The lowest BCUT2D eigenvalue weighted by Gasteiger charge is -2.13. The minimum absolute atomic E-state index is 0.165. The molecule has 3 aromatic rings. The average molecular weight is 305 g/mol. The van der Waals surface area contributed by atoms with E-state index in [9.17, 15) is 4.39 Å². The Balaban J connectivity index is 1.79. The molecule has 0 fully saturated rings. The Morgan fingerprint density at radius 1 is 1.25 bits per heavy atom. The van der Waals surface area contributed by atoms with Gasteiger partial charge in [-0.25, -0.2) is 4.39 Å². The molecule has 0 radical (unpaired) electrons. The average Bonchev–Trinajstić information content (AvgIpc) is 3.08. The van der Waals surface area contributed by atoms with Gasteiger partial charge in [-0.05, 0) is 61.0 Å². The monoisotopic (exact) mass is 305 g/mol. The zero-order chi connectivity index (χ0) is 13.9. The highest BCUT2D eigenvalue weighted by molar-refractivity contribution is 7.19. The van der Waals surface area contributed by atoms with E-state index >= 15 is 0 Å². The van der Waals surface area contributed by atoms with Gasteiger partial charge in [0.1, 0.15) is 5.82 Å². The molecule has 1 atom stereocenters. The summed E-state index contributed by atoms with van der Waals surface area (Å²) in [6.07, 6.45) is 2.14. The van der Waals surface area contributed by atoms with Crippen molar-refractivity contribution in [2.24, 2.45) is 0 Å². The Morgan fingerprint density at radius 3 is 2.90 bits per heavy atom. The predicted molar refractivity (Wildman–Crippen MR) is 86.2 cm³/mol. The van der Waals surface area contributed by atoms with Gasteiger partial charge < -0.3 is 5.32 Å². The van der Waals surface area contributed by atoms with Gasteiger partial charge in [0.25, 0.3) is 0 Å². The van der Waals surface area contributed by atoms with Crippen LogP contribution in [0, 0.1) is 5.82 Å². The van der Waals surface area contributed by atoms with Gasteiger partial charge in [-0.15, -0.1) is 22.7 Å². The van der Waals surface area contributed by atoms with Crippen molar-refractivity contribution in [1.82, 2.24) is 5.32 Å². The van der Waals surface area contributed by atoms with E-state index in [4.69, 9.17) is 0 Å². The van der Waals surface area contributed by atoms with E-state index in [0.717, 1.165) is 22.9 Å². The maximum Gasteiger partial charge on any atom is 0.123 e. The minimum Gasteiger partial charge on any atom is -0.312 e. The smallest absolute Gasteiger partial charge is 0.123 e. The normalized spacial score (nSPS) is 12.9. The molecular weight excluding hydrogens is 289 g/mol. The molecule has 0 amide bonds. The molecule has 2 aromatic heterocycles. The molecule has 1 unspecified atom stereocenters. The van der Waals surface area contributed by atoms with Crippen LogP contribution in [-0.2, 0) is 6.42 Å². The summed E-state index contributed by atoms with van der Waals surface area (Å²) < 4.78 is 14.4. The molecule has 0 saturated heterocycles. The van der Waals surface area contributed by atoms with Crippen molar-refractivity contribution in [3.63, 3.8) is 0 Å². The van der Waals surface area contributed by atoms with E-state index in [1.54, 1.807) is 28.7 Å². The first-order valence-corrected chi connectivity index (χ1v) is 8.34. The Labute approximate surface area is 126 Å². The highest BCUT2D eigenvalue weighted by Crippen LogP contribution is 2.32. The SMILES string of the molecule is CNC(CCc1cccs1)c1cc2cc(F)ccc2s1. The fraction of sp³-hybridized carbons (Fsp3) is 0.250. The maximum absolute atomic E-state index is 13.3. The minimum atomic E-state index is -0.165. The van der Waals surface area contributed by atoms with E-state index in [1.165, 1.54) is 15.8 Å². The summed E-state index contributed by atoms with van der Waals surface area (Å²) in [4.78, 5) is 2.70. The zero-order valence-corrected chi connectivity index (χ0v) is 12.9. The molecule has 104 valence electrons. The van der Waals surface area contributed by atoms with Crippen molar-refractivity contribution in [2.45, 2.75) is 18.9 Å². The molecule has 0 bridgehead atoms. The molecule has 4 heteroatoms. The lowest BCUT2D eigenvalue weighted by atomic mass is 10.1. The Bertz CT molecular complexity index is 688. The molecule has 2 heterocycles. The van der Waals surface area contributed by atoms with Crippen LogP contribution in [0.25, 0.3) is 10.1 Å². The van der Waals surface area contributed by atoms with Gasteiger partial charge in [0.15, 0.2) is 0 Å². The van der Waals surface area contributed by atoms with Crippen LogP contribution < -0.4 is 5.32 Å². The van der Waals surface area contributed by atoms with Crippen LogP contribution in [0.4, 0.5) is 4.39 Å². The van der Waals surface area contributed by atoms with Crippen molar-refractivity contribution in [2.75, 3.05) is 7.05 Å². The van der Waals surface area contributed by atoms with Gasteiger partial charge in [0, 0.05) is 20.5 Å². The van der Waals surface area contributed by atoms with E-state index in [0.29, 0.717) is 6.04 Å². The van der Waals surface area contributed by atoms with Crippen LogP contribution in [0.2, 0.25) is 0 Å². The molecule has 0 aliphatic carbocycles. The third-order valence-corrected chi connectivity index (χ3v) is 5.61. The summed E-state index contributed by atoms with van der Waals surface area (Å²) in [5, 5.41) is 6.50. The summed E-state index contributed by atoms with van der Waals surface area (Å²) >= 11 is 3.55. The highest BCUT2D eigenvalue weighted by atomic mass is 32.1. The van der Waals surface area contributed by atoms with Crippen molar-refractivity contribution >= 4 is 32.8 Å². The number of hydrogen-bond acceptors (Lipinski definition) is 3. The first-order chi connectivity index (χ1) is 9.76. The van der Waals surface area contributed by atoms with E-state index in [-0.39, 0.29) is 5.82 Å². The van der Waals surface area contributed by atoms with Crippen LogP contribution >= 0.6 is 22.7 Å². The molecule has 1 N–H and O–H groups in total. The third-order valence-electron chi connectivity index (χ3n) is 3.45. The predicted octanol–water partition coefficient (Wildman–Crippen LogP) is 5.00. The first-order valence-electron chi connectivity index (χ1n) is 6.65. The molecule has 0 aliphatic heterocycles. The van der Waals surface area contributed by atoms with E-state index in [2.05, 4.69) is 28.9 Å². The molecular formula is C16H16FNS2. The Morgan fingerprint density at radius 2 is 2.15 bits per heavy atom. The maximum atomic E-state index is 13.3. The molecule has 0 saturated carbocycles. The number of benzene rings is 1. The second-order valence-electron chi connectivity index (χ2n) is 4.79. The Kier molecular flexibility index (Phi) is 4.15. The fourth-order valence-electron chi connectivity index (χ4n) is 2.38. The van der Waals surface area contributed by atoms with Crippen LogP contribution in [-0.4, -0.2) is 7.05 Å². The van der Waals surface area contributed by atoms with Gasteiger partial charge >= 0.3 is 0 Å². The van der Waals surface area contributed by atoms with E-state index in [1.807, 2.05) is 13.1 Å². The Hall–Kier alpha value is -1.23. The number of rotatable bonds is 5. The summed E-state index contributed by atoms with van der Waals surface area (Å²) in [6.45, 7) is 0. The standard InChI is InChI=1S/C16H16FNS2/c1-18-14(6-5-13-3-2-8-19-13)16-10-11-9-12(17)4-7-15(11)20-16/h2-4,7-10,14,18H,5-6H2,1H3. The summed E-state index contributed by atoms with van der Waals surface area (Å²) in [5.41, 5.74) is 0. The molecule has 3 rings (SSSR count). The molecule has 20 heavy (non-hydrogen) atoms. The van der Waals surface area contributed by atoms with Gasteiger partial charge in [-0.1, -0.05) is 6.07 Å². The van der Waals surface area contributed by atoms with Gasteiger partial charge in [-0.2, -0.15) is 0 Å². The second kappa shape index (κ2) is 6.04. The summed E-state index contributed by atoms with van der Waals surface area (Å²) in [5.74, 6) is -0.165. The highest BCUT2D eigenvalue weighted by Gasteiger charge is 2.13. The molecule has 0 spiro atoms. The lowest BCUT2D eigenvalue weighted by Crippen LogP contribution is -2.15. The van der Waals surface area contributed by atoms with Crippen molar-refractivity contribution in [3.05, 3.63) is 57.3 Å². The third kappa shape index (κ3) is 2.92. The molecule has 1 nitrogen and oxygen atoms in total. The topological polar surface area (TPSA) is 12.0 Å². The quantitative estimate of drug-likeness (QED) is 0.700. The van der Waals surface area contributed by atoms with Gasteiger partial charge in [0.2, 0.25) is 0 Å². The van der Waals surface area contributed by atoms with Crippen molar-refractivity contribution in [3.8, 4) is 0 Å².